The molecule has 1 aliphatic rings. The van der Waals surface area contributed by atoms with Crippen LogP contribution in [0.2, 0.25) is 5.15 Å². The van der Waals surface area contributed by atoms with Crippen LogP contribution in [-0.2, 0) is 0 Å². The molecule has 1 N–H and O–H groups in total. The van der Waals surface area contributed by atoms with Crippen molar-refractivity contribution in [2.24, 2.45) is 0 Å². The summed E-state index contributed by atoms with van der Waals surface area (Å²) in [7, 11) is 0. The highest BCUT2D eigenvalue weighted by Crippen LogP contribution is 2.26. The van der Waals surface area contributed by atoms with Crippen molar-refractivity contribution in [3.63, 3.8) is 0 Å². The normalized spacial score (nSPS) is 15.6. The molecular formula is C10H9ClN2O3. The molecule has 0 aliphatic carbocycles. The third-order valence-corrected chi connectivity index (χ3v) is 2.62. The van der Waals surface area contributed by atoms with Gasteiger partial charge >= 0.3 is 6.09 Å². The average molecular weight is 241 g/mol. The summed E-state index contributed by atoms with van der Waals surface area (Å²) < 4.78 is 0. The van der Waals surface area contributed by atoms with Crippen LogP contribution in [0.5, 0.6) is 0 Å². The van der Waals surface area contributed by atoms with Crippen LogP contribution < -0.4 is 4.90 Å². The highest BCUT2D eigenvalue weighted by atomic mass is 35.5. The first-order chi connectivity index (χ1) is 7.59. The zero-order valence-electron chi connectivity index (χ0n) is 8.31. The van der Waals surface area contributed by atoms with Gasteiger partial charge in [-0.25, -0.2) is 9.78 Å². The first-order valence-corrected chi connectivity index (χ1v) is 5.17. The van der Waals surface area contributed by atoms with Crippen LogP contribution in [0.1, 0.15) is 23.3 Å². The molecule has 0 unspecified atom stereocenters. The summed E-state index contributed by atoms with van der Waals surface area (Å²) in [6.45, 7) is 0.303. The molecule has 2 heterocycles. The highest BCUT2D eigenvalue weighted by Gasteiger charge is 2.26. The molecule has 1 aromatic rings. The van der Waals surface area contributed by atoms with Crippen molar-refractivity contribution in [3.05, 3.63) is 23.0 Å². The minimum atomic E-state index is -1.08. The van der Waals surface area contributed by atoms with Gasteiger partial charge in [0.05, 0.1) is 5.69 Å². The smallest absolute Gasteiger partial charge is 0.411 e. The SMILES string of the molecule is O=C1CCCN(C(=O)O)c2ccc(Cl)nc21. The number of nitrogens with zero attached hydrogens (tertiary/aromatic N) is 2. The maximum absolute atomic E-state index is 11.7. The second-order valence-corrected chi connectivity index (χ2v) is 3.85. The summed E-state index contributed by atoms with van der Waals surface area (Å²) >= 11 is 5.69. The molecule has 5 nitrogen and oxygen atoms in total. The van der Waals surface area contributed by atoms with Crippen molar-refractivity contribution in [1.82, 2.24) is 4.98 Å². The fraction of sp³-hybridized carbons (Fsp3) is 0.300. The minimum absolute atomic E-state index is 0.146. The number of rotatable bonds is 0. The van der Waals surface area contributed by atoms with E-state index in [4.69, 9.17) is 16.7 Å². The van der Waals surface area contributed by atoms with E-state index in [1.165, 1.54) is 12.1 Å². The van der Waals surface area contributed by atoms with E-state index in [2.05, 4.69) is 4.98 Å². The van der Waals surface area contributed by atoms with Gasteiger partial charge in [-0.3, -0.25) is 9.69 Å². The predicted octanol–water partition coefficient (Wildman–Crippen LogP) is 2.20. The van der Waals surface area contributed by atoms with Crippen LogP contribution in [0.3, 0.4) is 0 Å². The Morgan fingerprint density at radius 3 is 2.94 bits per heavy atom. The van der Waals surface area contributed by atoms with Gasteiger partial charge in [0.1, 0.15) is 10.8 Å². The molecule has 6 heteroatoms. The monoisotopic (exact) mass is 240 g/mol. The summed E-state index contributed by atoms with van der Waals surface area (Å²) in [5.41, 5.74) is 0.465. The van der Waals surface area contributed by atoms with Gasteiger partial charge in [-0.2, -0.15) is 0 Å². The molecule has 0 radical (unpaired) electrons. The van der Waals surface area contributed by atoms with E-state index >= 15 is 0 Å². The van der Waals surface area contributed by atoms with Crippen molar-refractivity contribution >= 4 is 29.2 Å². The van der Waals surface area contributed by atoms with Gasteiger partial charge in [0.25, 0.3) is 0 Å². The molecule has 1 amide bonds. The van der Waals surface area contributed by atoms with Crippen LogP contribution in [0.25, 0.3) is 0 Å². The van der Waals surface area contributed by atoms with Crippen LogP contribution in [0.4, 0.5) is 10.5 Å². The standard InChI is InChI=1S/C10H9ClN2O3/c11-8-4-3-6-9(12-8)7(14)2-1-5-13(6)10(15)16/h3-4H,1-2,5H2,(H,15,16). The first kappa shape index (κ1) is 10.9. The molecule has 84 valence electrons. The summed E-state index contributed by atoms with van der Waals surface area (Å²) in [6.07, 6.45) is -0.288. The van der Waals surface area contributed by atoms with E-state index < -0.39 is 6.09 Å². The van der Waals surface area contributed by atoms with Crippen LogP contribution in [0.15, 0.2) is 12.1 Å². The largest absolute Gasteiger partial charge is 0.465 e. The fourth-order valence-electron chi connectivity index (χ4n) is 1.69. The average Bonchev–Trinajstić information content (AvgIpc) is 2.39. The highest BCUT2D eigenvalue weighted by molar-refractivity contribution is 6.29. The Bertz CT molecular complexity index is 461. The Hall–Kier alpha value is -1.62. The molecule has 2 rings (SSSR count). The van der Waals surface area contributed by atoms with E-state index in [1.807, 2.05) is 0 Å². The Kier molecular flexibility index (Phi) is 2.78. The lowest BCUT2D eigenvalue weighted by Gasteiger charge is -2.17. The van der Waals surface area contributed by atoms with Gasteiger partial charge in [0.2, 0.25) is 0 Å². The molecule has 0 saturated heterocycles. The maximum atomic E-state index is 11.7. The lowest BCUT2D eigenvalue weighted by atomic mass is 10.1. The molecule has 1 aliphatic heterocycles. The lowest BCUT2D eigenvalue weighted by molar-refractivity contribution is 0.0979. The number of aromatic nitrogens is 1. The summed E-state index contributed by atoms with van der Waals surface area (Å²) in [6, 6.07) is 3.00. The number of halogens is 1. The Morgan fingerprint density at radius 2 is 2.25 bits per heavy atom. The van der Waals surface area contributed by atoms with Crippen LogP contribution in [0, 0.1) is 0 Å². The van der Waals surface area contributed by atoms with Crippen molar-refractivity contribution < 1.29 is 14.7 Å². The van der Waals surface area contributed by atoms with Crippen molar-refractivity contribution in [2.75, 3.05) is 11.4 Å². The molecule has 0 saturated carbocycles. The van der Waals surface area contributed by atoms with Crippen molar-refractivity contribution in [2.45, 2.75) is 12.8 Å². The third kappa shape index (κ3) is 1.86. The Labute approximate surface area is 96.7 Å². The molecule has 0 spiro atoms. The van der Waals surface area contributed by atoms with E-state index in [-0.39, 0.29) is 16.6 Å². The molecule has 0 atom stereocenters. The topological polar surface area (TPSA) is 70.5 Å². The Morgan fingerprint density at radius 1 is 1.50 bits per heavy atom. The summed E-state index contributed by atoms with van der Waals surface area (Å²) in [4.78, 5) is 27.7. The van der Waals surface area contributed by atoms with E-state index in [9.17, 15) is 9.59 Å². The van der Waals surface area contributed by atoms with Gasteiger partial charge in [-0.15, -0.1) is 0 Å². The fourth-order valence-corrected chi connectivity index (χ4v) is 1.83. The number of ketones is 1. The zero-order valence-corrected chi connectivity index (χ0v) is 9.07. The summed E-state index contributed by atoms with van der Waals surface area (Å²) in [5.74, 6) is -0.166. The second kappa shape index (κ2) is 4.09. The number of anilines is 1. The van der Waals surface area contributed by atoms with Gasteiger partial charge < -0.3 is 5.11 Å². The number of pyridine rings is 1. The molecule has 0 bridgehead atoms. The molecule has 16 heavy (non-hydrogen) atoms. The second-order valence-electron chi connectivity index (χ2n) is 3.46. The van der Waals surface area contributed by atoms with Gasteiger partial charge in [0, 0.05) is 13.0 Å². The first-order valence-electron chi connectivity index (χ1n) is 4.80. The van der Waals surface area contributed by atoms with Crippen LogP contribution >= 0.6 is 11.6 Å². The van der Waals surface area contributed by atoms with Crippen molar-refractivity contribution in [3.8, 4) is 0 Å². The van der Waals surface area contributed by atoms with Gasteiger partial charge in [-0.05, 0) is 18.6 Å². The van der Waals surface area contributed by atoms with Gasteiger partial charge in [-0.1, -0.05) is 11.6 Å². The number of hydrogen-bond acceptors (Lipinski definition) is 3. The van der Waals surface area contributed by atoms with Crippen molar-refractivity contribution in [1.29, 1.82) is 0 Å². The number of amides is 1. The zero-order chi connectivity index (χ0) is 11.7. The van der Waals surface area contributed by atoms with E-state index in [0.29, 0.717) is 25.1 Å². The van der Waals surface area contributed by atoms with Gasteiger partial charge in [0.15, 0.2) is 5.78 Å². The Balaban J connectivity index is 2.56. The number of carbonyl (C=O) groups excluding carboxylic acids is 1. The third-order valence-electron chi connectivity index (χ3n) is 2.41. The number of carbonyl (C=O) groups is 2. The number of carboxylic acid groups (broad SMARTS) is 1. The molecule has 1 aromatic heterocycles. The lowest BCUT2D eigenvalue weighted by Crippen LogP contribution is -2.30. The number of fused-ring (bicyclic) bond motifs is 1. The van der Waals surface area contributed by atoms with E-state index in [0.717, 1.165) is 4.90 Å². The van der Waals surface area contributed by atoms with E-state index in [1.54, 1.807) is 0 Å². The minimum Gasteiger partial charge on any atom is -0.465 e. The molecular weight excluding hydrogens is 232 g/mol. The summed E-state index contributed by atoms with van der Waals surface area (Å²) in [5, 5.41) is 9.21. The maximum Gasteiger partial charge on any atom is 0.411 e. The quantitative estimate of drug-likeness (QED) is 0.706. The molecule has 0 aromatic carbocycles. The number of Topliss-reactive ketones (excluding diaryl/α,β-unsaturated/α-hetero) is 1. The number of hydrogen-bond donors (Lipinski definition) is 1. The van der Waals surface area contributed by atoms with Crippen LogP contribution in [-0.4, -0.2) is 28.5 Å². The predicted molar refractivity (Wildman–Crippen MR) is 58.2 cm³/mol. The molecule has 0 fully saturated rings.